The molecule has 38 heavy (non-hydrogen) atoms. The van der Waals surface area contributed by atoms with Gasteiger partial charge in [-0.3, -0.25) is 9.59 Å². The van der Waals surface area contributed by atoms with Crippen molar-refractivity contribution in [2.75, 3.05) is 33.8 Å². The molecule has 0 saturated heterocycles. The van der Waals surface area contributed by atoms with Crippen LogP contribution in [0.2, 0.25) is 0 Å². The summed E-state index contributed by atoms with van der Waals surface area (Å²) in [4.78, 5) is 42.2. The molecule has 0 aliphatic carbocycles. The van der Waals surface area contributed by atoms with Gasteiger partial charge in [0.2, 0.25) is 5.91 Å². The van der Waals surface area contributed by atoms with Gasteiger partial charge in [-0.2, -0.15) is 13.2 Å². The third-order valence-electron chi connectivity index (χ3n) is 6.33. The molecule has 204 valence electrons. The quantitative estimate of drug-likeness (QED) is 0.487. The molecule has 1 heterocycles. The summed E-state index contributed by atoms with van der Waals surface area (Å²) in [5, 5.41) is 2.85. The van der Waals surface area contributed by atoms with E-state index in [1.807, 2.05) is 19.0 Å². The van der Waals surface area contributed by atoms with Crippen molar-refractivity contribution in [3.63, 3.8) is 0 Å². The van der Waals surface area contributed by atoms with Gasteiger partial charge in [-0.1, -0.05) is 24.3 Å². The lowest BCUT2D eigenvalue weighted by Gasteiger charge is -2.34. The van der Waals surface area contributed by atoms with Crippen LogP contribution in [0.4, 0.5) is 13.2 Å². The van der Waals surface area contributed by atoms with Gasteiger partial charge >= 0.3 is 12.1 Å². The maximum Gasteiger partial charge on any atom is 0.416 e. The first-order valence-corrected chi connectivity index (χ1v) is 12.3. The number of carbonyl (C=O) groups excluding carboxylic acids is 3. The van der Waals surface area contributed by atoms with Crippen molar-refractivity contribution in [1.82, 2.24) is 15.1 Å². The molecule has 2 amide bonds. The number of nitrogens with zero attached hydrogens (tertiary/aromatic N) is 2. The van der Waals surface area contributed by atoms with Gasteiger partial charge in [0.15, 0.2) is 0 Å². The first kappa shape index (κ1) is 28.9. The summed E-state index contributed by atoms with van der Waals surface area (Å²) in [7, 11) is 3.82. The summed E-state index contributed by atoms with van der Waals surface area (Å²) in [6, 6.07) is 11.4. The Kier molecular flexibility index (Phi) is 9.32. The summed E-state index contributed by atoms with van der Waals surface area (Å²) >= 11 is 0. The van der Waals surface area contributed by atoms with Crippen molar-refractivity contribution in [2.45, 2.75) is 38.9 Å². The Morgan fingerprint density at radius 2 is 1.82 bits per heavy atom. The monoisotopic (exact) mass is 531 g/mol. The first-order valence-electron chi connectivity index (χ1n) is 12.3. The number of halogens is 3. The number of carbonyl (C=O) groups is 3. The van der Waals surface area contributed by atoms with Crippen molar-refractivity contribution in [3.05, 3.63) is 82.1 Å². The summed E-state index contributed by atoms with van der Waals surface area (Å²) in [6.07, 6.45) is -4.60. The molecule has 1 unspecified atom stereocenters. The molecule has 0 radical (unpaired) electrons. The molecule has 0 fully saturated rings. The average molecular weight is 532 g/mol. The summed E-state index contributed by atoms with van der Waals surface area (Å²) in [5.74, 6) is -1.89. The van der Waals surface area contributed by atoms with Crippen molar-refractivity contribution in [1.29, 1.82) is 0 Å². The van der Waals surface area contributed by atoms with Gasteiger partial charge in [0.1, 0.15) is 0 Å². The van der Waals surface area contributed by atoms with Crippen LogP contribution in [0.3, 0.4) is 0 Å². The molecule has 10 heteroatoms. The Labute approximate surface area is 220 Å². The molecule has 0 bridgehead atoms. The molecule has 2 aromatic rings. The second-order valence-corrected chi connectivity index (χ2v) is 9.34. The van der Waals surface area contributed by atoms with Crippen LogP contribution in [0.25, 0.3) is 0 Å². The number of allylic oxidation sites excluding steroid dienone is 1. The minimum atomic E-state index is -4.49. The fraction of sp³-hybridized carbons (Fsp3) is 0.393. The van der Waals surface area contributed by atoms with Crippen LogP contribution in [-0.4, -0.2) is 61.4 Å². The van der Waals surface area contributed by atoms with Crippen LogP contribution in [0.1, 0.15) is 53.2 Å². The lowest BCUT2D eigenvalue weighted by Crippen LogP contribution is -2.38. The number of benzene rings is 2. The fourth-order valence-electron chi connectivity index (χ4n) is 4.35. The lowest BCUT2D eigenvalue weighted by molar-refractivity contribution is -0.140. The highest BCUT2D eigenvalue weighted by Gasteiger charge is 2.37. The zero-order valence-electron chi connectivity index (χ0n) is 21.9. The Bertz CT molecular complexity index is 1210. The SMILES string of the molecule is CCOC(=O)C1=C(C)N(Cc2cccc(C(=O)NCCN(C)C)c2)C(=O)CC1c1ccc(C(F)(F)F)cc1. The van der Waals surface area contributed by atoms with Gasteiger partial charge < -0.3 is 19.9 Å². The number of likely N-dealkylation sites (N-methyl/N-ethyl adjacent to an activating group) is 1. The van der Waals surface area contributed by atoms with Crippen LogP contribution in [0.15, 0.2) is 59.8 Å². The van der Waals surface area contributed by atoms with Gasteiger partial charge in [0.05, 0.1) is 24.3 Å². The van der Waals surface area contributed by atoms with E-state index in [4.69, 9.17) is 4.74 Å². The van der Waals surface area contributed by atoms with Gasteiger partial charge in [0.25, 0.3) is 5.91 Å². The number of nitrogens with one attached hydrogen (secondary N) is 1. The minimum Gasteiger partial charge on any atom is -0.463 e. The normalized spacial score (nSPS) is 16.2. The van der Waals surface area contributed by atoms with E-state index < -0.39 is 23.6 Å². The van der Waals surface area contributed by atoms with Gasteiger partial charge in [-0.15, -0.1) is 0 Å². The molecule has 0 aromatic heterocycles. The van der Waals surface area contributed by atoms with E-state index in [2.05, 4.69) is 5.32 Å². The van der Waals surface area contributed by atoms with Crippen LogP contribution >= 0.6 is 0 Å². The second-order valence-electron chi connectivity index (χ2n) is 9.34. The molecular formula is C28H32F3N3O4. The predicted molar refractivity (Wildman–Crippen MR) is 136 cm³/mol. The number of hydrogen-bond acceptors (Lipinski definition) is 5. The molecule has 0 spiro atoms. The zero-order valence-corrected chi connectivity index (χ0v) is 21.9. The Hall–Kier alpha value is -3.66. The van der Waals surface area contributed by atoms with Crippen LogP contribution < -0.4 is 5.32 Å². The molecule has 1 atom stereocenters. The topological polar surface area (TPSA) is 79.0 Å². The number of esters is 1. The molecule has 0 saturated carbocycles. The number of hydrogen-bond donors (Lipinski definition) is 1. The molecular weight excluding hydrogens is 499 g/mol. The van der Waals surface area contributed by atoms with E-state index in [0.717, 1.165) is 12.1 Å². The van der Waals surface area contributed by atoms with Gasteiger partial charge in [-0.05, 0) is 63.3 Å². The van der Waals surface area contributed by atoms with E-state index in [9.17, 15) is 27.6 Å². The van der Waals surface area contributed by atoms with E-state index in [1.165, 1.54) is 17.0 Å². The highest BCUT2D eigenvalue weighted by molar-refractivity contribution is 5.96. The molecule has 1 N–H and O–H groups in total. The molecule has 1 aliphatic heterocycles. The molecule has 2 aromatic carbocycles. The van der Waals surface area contributed by atoms with Gasteiger partial charge in [-0.25, -0.2) is 4.79 Å². The summed E-state index contributed by atoms with van der Waals surface area (Å²) < 4.78 is 44.4. The van der Waals surface area contributed by atoms with E-state index in [1.54, 1.807) is 38.1 Å². The van der Waals surface area contributed by atoms with Crippen molar-refractivity contribution in [2.24, 2.45) is 0 Å². The molecule has 3 rings (SSSR count). The smallest absolute Gasteiger partial charge is 0.416 e. The minimum absolute atomic E-state index is 0.105. The Morgan fingerprint density at radius 1 is 1.13 bits per heavy atom. The van der Waals surface area contributed by atoms with E-state index >= 15 is 0 Å². The van der Waals surface area contributed by atoms with E-state index in [0.29, 0.717) is 35.5 Å². The Balaban J connectivity index is 1.90. The maximum absolute atomic E-state index is 13.2. The number of alkyl halides is 3. The molecule has 1 aliphatic rings. The summed E-state index contributed by atoms with van der Waals surface area (Å²) in [5.41, 5.74) is 1.34. The second kappa shape index (κ2) is 12.3. The zero-order chi connectivity index (χ0) is 28.0. The number of rotatable bonds is 9. The number of amides is 2. The van der Waals surface area contributed by atoms with Crippen LogP contribution in [0.5, 0.6) is 0 Å². The van der Waals surface area contributed by atoms with Crippen molar-refractivity contribution >= 4 is 17.8 Å². The first-order chi connectivity index (χ1) is 17.9. The highest BCUT2D eigenvalue weighted by atomic mass is 19.4. The van der Waals surface area contributed by atoms with Crippen molar-refractivity contribution < 1.29 is 32.3 Å². The third kappa shape index (κ3) is 7.00. The van der Waals surface area contributed by atoms with Crippen molar-refractivity contribution in [3.8, 4) is 0 Å². The Morgan fingerprint density at radius 3 is 2.42 bits per heavy atom. The molecule has 7 nitrogen and oxygen atoms in total. The van der Waals surface area contributed by atoms with Crippen LogP contribution in [0, 0.1) is 0 Å². The maximum atomic E-state index is 13.2. The van der Waals surface area contributed by atoms with E-state index in [-0.39, 0.29) is 37.0 Å². The average Bonchev–Trinajstić information content (AvgIpc) is 2.85. The largest absolute Gasteiger partial charge is 0.463 e. The summed E-state index contributed by atoms with van der Waals surface area (Å²) in [6.45, 7) is 4.67. The third-order valence-corrected chi connectivity index (χ3v) is 6.33. The fourth-order valence-corrected chi connectivity index (χ4v) is 4.35. The standard InChI is InChI=1S/C28H32F3N3O4/c1-5-38-27(37)25-18(2)34(17-19-7-6-8-21(15-19)26(36)32-13-14-33(3)4)24(35)16-23(25)20-9-11-22(12-10-20)28(29,30)31/h6-12,15,23H,5,13-14,16-17H2,1-4H3,(H,32,36). The highest BCUT2D eigenvalue weighted by Crippen LogP contribution is 2.39. The van der Waals surface area contributed by atoms with Crippen LogP contribution in [-0.2, 0) is 27.0 Å². The number of ether oxygens (including phenoxy) is 1. The predicted octanol–water partition coefficient (Wildman–Crippen LogP) is 4.35. The lowest BCUT2D eigenvalue weighted by atomic mass is 9.83. The van der Waals surface area contributed by atoms with Gasteiger partial charge in [0, 0.05) is 36.7 Å².